The summed E-state index contributed by atoms with van der Waals surface area (Å²) in [5, 5.41) is 0. The Morgan fingerprint density at radius 3 is 2.29 bits per heavy atom. The molecule has 0 aliphatic rings. The molecule has 0 spiro atoms. The SMILES string of the molecule is CN(CC(=O)N(C)c1ccccc1)Cc1cccc(C(F)(F)F)c1. The van der Waals surface area contributed by atoms with Gasteiger partial charge < -0.3 is 4.90 Å². The van der Waals surface area contributed by atoms with Crippen molar-refractivity contribution in [1.82, 2.24) is 4.90 Å². The number of amides is 1. The monoisotopic (exact) mass is 336 g/mol. The smallest absolute Gasteiger partial charge is 0.314 e. The Balaban J connectivity index is 1.98. The third kappa shape index (κ3) is 4.83. The van der Waals surface area contributed by atoms with Crippen molar-refractivity contribution in [3.8, 4) is 0 Å². The number of hydrogen-bond donors (Lipinski definition) is 0. The van der Waals surface area contributed by atoms with Gasteiger partial charge in [-0.2, -0.15) is 13.2 Å². The van der Waals surface area contributed by atoms with Gasteiger partial charge in [-0.3, -0.25) is 9.69 Å². The zero-order chi connectivity index (χ0) is 17.7. The fourth-order valence-corrected chi connectivity index (χ4v) is 2.35. The summed E-state index contributed by atoms with van der Waals surface area (Å²) < 4.78 is 38.2. The van der Waals surface area contributed by atoms with Gasteiger partial charge in [0.2, 0.25) is 5.91 Å². The molecule has 0 N–H and O–H groups in total. The van der Waals surface area contributed by atoms with E-state index in [4.69, 9.17) is 0 Å². The molecule has 1 amide bonds. The highest BCUT2D eigenvalue weighted by atomic mass is 19.4. The number of carbonyl (C=O) groups is 1. The molecule has 2 aromatic rings. The lowest BCUT2D eigenvalue weighted by atomic mass is 10.1. The number of para-hydroxylation sites is 1. The van der Waals surface area contributed by atoms with Crippen LogP contribution >= 0.6 is 0 Å². The molecular formula is C18H19F3N2O. The van der Waals surface area contributed by atoms with E-state index in [9.17, 15) is 18.0 Å². The second kappa shape index (κ2) is 7.49. The predicted octanol–water partition coefficient (Wildman–Crippen LogP) is 3.80. The molecule has 6 heteroatoms. The van der Waals surface area contributed by atoms with E-state index in [2.05, 4.69) is 0 Å². The van der Waals surface area contributed by atoms with Gasteiger partial charge in [-0.25, -0.2) is 0 Å². The van der Waals surface area contributed by atoms with Crippen LogP contribution < -0.4 is 4.90 Å². The van der Waals surface area contributed by atoms with Crippen LogP contribution in [0, 0.1) is 0 Å². The molecule has 3 nitrogen and oxygen atoms in total. The Labute approximate surface area is 139 Å². The number of anilines is 1. The molecule has 2 aromatic carbocycles. The van der Waals surface area contributed by atoms with E-state index in [1.807, 2.05) is 30.3 Å². The van der Waals surface area contributed by atoms with Gasteiger partial charge >= 0.3 is 6.18 Å². The minimum atomic E-state index is -4.36. The normalized spacial score (nSPS) is 11.6. The van der Waals surface area contributed by atoms with E-state index in [1.54, 1.807) is 25.1 Å². The Hall–Kier alpha value is -2.34. The predicted molar refractivity (Wildman–Crippen MR) is 87.6 cm³/mol. The van der Waals surface area contributed by atoms with Crippen LogP contribution in [0.25, 0.3) is 0 Å². The number of benzene rings is 2. The number of alkyl halides is 3. The molecule has 0 aliphatic heterocycles. The van der Waals surface area contributed by atoms with Gasteiger partial charge in [0.15, 0.2) is 0 Å². The third-order valence-electron chi connectivity index (χ3n) is 3.63. The van der Waals surface area contributed by atoms with Crippen molar-refractivity contribution in [3.05, 3.63) is 65.7 Å². The Morgan fingerprint density at radius 1 is 1.00 bits per heavy atom. The lowest BCUT2D eigenvalue weighted by Gasteiger charge is -2.22. The van der Waals surface area contributed by atoms with Gasteiger partial charge in [0, 0.05) is 19.3 Å². The average molecular weight is 336 g/mol. The molecule has 0 atom stereocenters. The summed E-state index contributed by atoms with van der Waals surface area (Å²) in [6.45, 7) is 0.375. The molecule has 0 aromatic heterocycles. The Kier molecular flexibility index (Phi) is 5.62. The van der Waals surface area contributed by atoms with E-state index in [-0.39, 0.29) is 19.0 Å². The van der Waals surface area contributed by atoms with Crippen LogP contribution in [0.15, 0.2) is 54.6 Å². The minimum absolute atomic E-state index is 0.113. The maximum Gasteiger partial charge on any atom is 0.416 e. The zero-order valence-corrected chi connectivity index (χ0v) is 13.5. The molecule has 2 rings (SSSR count). The first-order valence-corrected chi connectivity index (χ1v) is 7.43. The van der Waals surface area contributed by atoms with Crippen molar-refractivity contribution >= 4 is 11.6 Å². The third-order valence-corrected chi connectivity index (χ3v) is 3.63. The van der Waals surface area contributed by atoms with Gasteiger partial charge in [0.1, 0.15) is 0 Å². The fraction of sp³-hybridized carbons (Fsp3) is 0.278. The highest BCUT2D eigenvalue weighted by Crippen LogP contribution is 2.29. The van der Waals surface area contributed by atoms with E-state index >= 15 is 0 Å². The number of carbonyl (C=O) groups excluding carboxylic acids is 1. The summed E-state index contributed by atoms with van der Waals surface area (Å²) in [7, 11) is 3.38. The van der Waals surface area contributed by atoms with E-state index in [1.165, 1.54) is 11.0 Å². The molecular weight excluding hydrogens is 317 g/mol. The first kappa shape index (κ1) is 18.0. The summed E-state index contributed by atoms with van der Waals surface area (Å²) in [6.07, 6.45) is -4.36. The topological polar surface area (TPSA) is 23.6 Å². The van der Waals surface area contributed by atoms with Crippen molar-refractivity contribution < 1.29 is 18.0 Å². The molecule has 0 heterocycles. The number of halogens is 3. The molecule has 0 saturated carbocycles. The largest absolute Gasteiger partial charge is 0.416 e. The van der Waals surface area contributed by atoms with Gasteiger partial charge in [0.25, 0.3) is 0 Å². The van der Waals surface area contributed by atoms with Crippen LogP contribution in [-0.2, 0) is 17.5 Å². The highest BCUT2D eigenvalue weighted by molar-refractivity contribution is 5.94. The summed E-state index contributed by atoms with van der Waals surface area (Å²) in [6, 6.07) is 14.3. The highest BCUT2D eigenvalue weighted by Gasteiger charge is 2.30. The van der Waals surface area contributed by atoms with Crippen LogP contribution in [0.5, 0.6) is 0 Å². The zero-order valence-electron chi connectivity index (χ0n) is 13.5. The van der Waals surface area contributed by atoms with Crippen molar-refractivity contribution in [3.63, 3.8) is 0 Å². The minimum Gasteiger partial charge on any atom is -0.314 e. The van der Waals surface area contributed by atoms with Crippen molar-refractivity contribution in [1.29, 1.82) is 0 Å². The van der Waals surface area contributed by atoms with E-state index in [0.29, 0.717) is 5.56 Å². The fourth-order valence-electron chi connectivity index (χ4n) is 2.35. The molecule has 0 bridgehead atoms. The van der Waals surface area contributed by atoms with Crippen molar-refractivity contribution in [2.75, 3.05) is 25.5 Å². The maximum absolute atomic E-state index is 12.7. The van der Waals surface area contributed by atoms with Crippen LogP contribution in [-0.4, -0.2) is 31.4 Å². The summed E-state index contributed by atoms with van der Waals surface area (Å²) in [5.41, 5.74) is 0.610. The molecule has 0 unspecified atom stereocenters. The molecule has 0 radical (unpaired) electrons. The maximum atomic E-state index is 12.7. The number of nitrogens with zero attached hydrogens (tertiary/aromatic N) is 2. The van der Waals surface area contributed by atoms with Gasteiger partial charge in [0.05, 0.1) is 12.1 Å². The van der Waals surface area contributed by atoms with Crippen LogP contribution in [0.2, 0.25) is 0 Å². The number of rotatable bonds is 5. The summed E-state index contributed by atoms with van der Waals surface area (Å²) in [5.74, 6) is -0.129. The lowest BCUT2D eigenvalue weighted by Crippen LogP contribution is -2.36. The van der Waals surface area contributed by atoms with Crippen molar-refractivity contribution in [2.45, 2.75) is 12.7 Å². The number of likely N-dealkylation sites (N-methyl/N-ethyl adjacent to an activating group) is 2. The molecule has 128 valence electrons. The summed E-state index contributed by atoms with van der Waals surface area (Å²) >= 11 is 0. The second-order valence-corrected chi connectivity index (χ2v) is 5.66. The molecule has 0 fully saturated rings. The molecule has 0 saturated heterocycles. The van der Waals surface area contributed by atoms with E-state index < -0.39 is 11.7 Å². The Bertz CT molecular complexity index is 686. The van der Waals surface area contributed by atoms with Gasteiger partial charge in [-0.05, 0) is 30.8 Å². The lowest BCUT2D eigenvalue weighted by molar-refractivity contribution is -0.137. The van der Waals surface area contributed by atoms with Crippen LogP contribution in [0.3, 0.4) is 0 Å². The first-order valence-electron chi connectivity index (χ1n) is 7.43. The van der Waals surface area contributed by atoms with Crippen molar-refractivity contribution in [2.24, 2.45) is 0 Å². The number of hydrogen-bond acceptors (Lipinski definition) is 2. The quantitative estimate of drug-likeness (QED) is 0.829. The molecule has 24 heavy (non-hydrogen) atoms. The van der Waals surface area contributed by atoms with Gasteiger partial charge in [-0.1, -0.05) is 36.4 Å². The first-order chi connectivity index (χ1) is 11.3. The summed E-state index contributed by atoms with van der Waals surface area (Å²) in [4.78, 5) is 15.5. The van der Waals surface area contributed by atoms with Gasteiger partial charge in [-0.15, -0.1) is 0 Å². The standard InChI is InChI=1S/C18H19F3N2O/c1-22(12-14-7-6-8-15(11-14)18(19,20)21)13-17(24)23(2)16-9-4-3-5-10-16/h3-11H,12-13H2,1-2H3. The van der Waals surface area contributed by atoms with E-state index in [0.717, 1.165) is 17.8 Å². The Morgan fingerprint density at radius 2 is 1.67 bits per heavy atom. The van der Waals surface area contributed by atoms with Crippen LogP contribution in [0.4, 0.5) is 18.9 Å². The van der Waals surface area contributed by atoms with Crippen LogP contribution in [0.1, 0.15) is 11.1 Å². The average Bonchev–Trinajstić information content (AvgIpc) is 2.54. The molecule has 0 aliphatic carbocycles. The second-order valence-electron chi connectivity index (χ2n) is 5.66.